The third kappa shape index (κ3) is 4.69. The van der Waals surface area contributed by atoms with Crippen LogP contribution in [0.4, 0.5) is 4.79 Å². The molecule has 1 rings (SSSR count). The average molecular weight is 341 g/mol. The summed E-state index contributed by atoms with van der Waals surface area (Å²) in [4.78, 5) is 50.2. The number of imide groups is 1. The monoisotopic (exact) mass is 341 g/mol. The van der Waals surface area contributed by atoms with Crippen molar-refractivity contribution < 1.29 is 23.9 Å². The van der Waals surface area contributed by atoms with Crippen LogP contribution in [0.3, 0.4) is 0 Å². The third-order valence-corrected chi connectivity index (χ3v) is 3.74. The number of urea groups is 1. The van der Waals surface area contributed by atoms with Crippen molar-refractivity contribution in [2.24, 2.45) is 0 Å². The van der Waals surface area contributed by atoms with E-state index in [0.29, 0.717) is 0 Å². The molecule has 1 aliphatic rings. The first-order valence-electron chi connectivity index (χ1n) is 8.08. The Balaban J connectivity index is 2.46. The maximum absolute atomic E-state index is 12.1. The quantitative estimate of drug-likeness (QED) is 0.548. The molecular formula is C16H27N3O5. The summed E-state index contributed by atoms with van der Waals surface area (Å²) >= 11 is 0. The highest BCUT2D eigenvalue weighted by molar-refractivity contribution is 6.06. The van der Waals surface area contributed by atoms with Crippen LogP contribution in [-0.4, -0.2) is 64.4 Å². The van der Waals surface area contributed by atoms with Gasteiger partial charge < -0.3 is 15.0 Å². The SMILES string of the molecule is CC(C)N(C(=O)COC(=O)CCN1C(=O)NC(C)(C)C1=O)C(C)C. The molecule has 1 fully saturated rings. The predicted octanol–water partition coefficient (Wildman–Crippen LogP) is 0.896. The minimum absolute atomic E-state index is 0.00403. The van der Waals surface area contributed by atoms with Crippen molar-refractivity contribution in [3.05, 3.63) is 0 Å². The van der Waals surface area contributed by atoms with Crippen molar-refractivity contribution in [1.29, 1.82) is 0 Å². The average Bonchev–Trinajstić information content (AvgIpc) is 2.62. The molecule has 4 amide bonds. The highest BCUT2D eigenvalue weighted by Gasteiger charge is 2.44. The molecule has 1 saturated heterocycles. The van der Waals surface area contributed by atoms with Crippen LogP contribution >= 0.6 is 0 Å². The van der Waals surface area contributed by atoms with Gasteiger partial charge >= 0.3 is 12.0 Å². The van der Waals surface area contributed by atoms with Crippen LogP contribution in [0.15, 0.2) is 0 Å². The van der Waals surface area contributed by atoms with Crippen LogP contribution in [0.2, 0.25) is 0 Å². The van der Waals surface area contributed by atoms with E-state index in [1.54, 1.807) is 18.7 Å². The second-order valence-corrected chi connectivity index (χ2v) is 6.91. The Labute approximate surface area is 142 Å². The van der Waals surface area contributed by atoms with Crippen LogP contribution < -0.4 is 5.32 Å². The van der Waals surface area contributed by atoms with Gasteiger partial charge in [0.2, 0.25) is 0 Å². The first kappa shape index (κ1) is 19.9. The van der Waals surface area contributed by atoms with E-state index < -0.39 is 17.5 Å². The molecule has 0 aliphatic carbocycles. The van der Waals surface area contributed by atoms with Gasteiger partial charge in [0.1, 0.15) is 5.54 Å². The van der Waals surface area contributed by atoms with E-state index in [4.69, 9.17) is 4.74 Å². The number of hydrogen-bond donors (Lipinski definition) is 1. The van der Waals surface area contributed by atoms with E-state index >= 15 is 0 Å². The zero-order valence-corrected chi connectivity index (χ0v) is 15.2. The number of rotatable bonds is 7. The predicted molar refractivity (Wildman–Crippen MR) is 87.0 cm³/mol. The Morgan fingerprint density at radius 1 is 1.17 bits per heavy atom. The molecule has 0 aromatic rings. The molecule has 8 nitrogen and oxygen atoms in total. The Morgan fingerprint density at radius 2 is 1.71 bits per heavy atom. The smallest absolute Gasteiger partial charge is 0.325 e. The summed E-state index contributed by atoms with van der Waals surface area (Å²) in [5.41, 5.74) is -0.966. The van der Waals surface area contributed by atoms with E-state index in [-0.39, 0.29) is 43.5 Å². The van der Waals surface area contributed by atoms with Gasteiger partial charge in [0, 0.05) is 18.6 Å². The van der Waals surface area contributed by atoms with Gasteiger partial charge in [-0.15, -0.1) is 0 Å². The zero-order valence-electron chi connectivity index (χ0n) is 15.2. The van der Waals surface area contributed by atoms with Crippen molar-refractivity contribution in [3.63, 3.8) is 0 Å². The van der Waals surface area contributed by atoms with Crippen molar-refractivity contribution in [1.82, 2.24) is 15.1 Å². The summed E-state index contributed by atoms with van der Waals surface area (Å²) in [6, 6.07) is -0.520. The molecule has 0 radical (unpaired) electrons. The van der Waals surface area contributed by atoms with E-state index in [1.165, 1.54) is 0 Å². The summed E-state index contributed by atoms with van der Waals surface area (Å²) in [5.74, 6) is -1.28. The van der Waals surface area contributed by atoms with Gasteiger partial charge in [-0.05, 0) is 41.5 Å². The largest absolute Gasteiger partial charge is 0.456 e. The highest BCUT2D eigenvalue weighted by atomic mass is 16.5. The van der Waals surface area contributed by atoms with Crippen LogP contribution in [-0.2, 0) is 19.1 Å². The molecule has 1 heterocycles. The lowest BCUT2D eigenvalue weighted by Gasteiger charge is -2.30. The number of carbonyl (C=O) groups is 4. The van der Waals surface area contributed by atoms with Gasteiger partial charge in [-0.2, -0.15) is 0 Å². The van der Waals surface area contributed by atoms with Crippen molar-refractivity contribution in [3.8, 4) is 0 Å². The maximum atomic E-state index is 12.1. The van der Waals surface area contributed by atoms with Gasteiger partial charge in [-0.1, -0.05) is 0 Å². The van der Waals surface area contributed by atoms with Crippen LogP contribution in [0.25, 0.3) is 0 Å². The summed E-state index contributed by atoms with van der Waals surface area (Å²) in [6.07, 6.45) is -0.147. The standard InChI is InChI=1S/C16H27N3O5/c1-10(2)19(11(3)4)12(20)9-24-13(21)7-8-18-14(22)16(5,6)17-15(18)23/h10-11H,7-9H2,1-6H3,(H,17,23). The van der Waals surface area contributed by atoms with E-state index in [9.17, 15) is 19.2 Å². The fourth-order valence-electron chi connectivity index (χ4n) is 2.69. The second-order valence-electron chi connectivity index (χ2n) is 6.91. The Kier molecular flexibility index (Phi) is 6.34. The molecule has 0 spiro atoms. The van der Waals surface area contributed by atoms with Gasteiger partial charge in [0.15, 0.2) is 6.61 Å². The van der Waals surface area contributed by atoms with Gasteiger partial charge in [-0.25, -0.2) is 4.79 Å². The summed E-state index contributed by atoms with van der Waals surface area (Å²) in [6.45, 7) is 10.3. The van der Waals surface area contributed by atoms with Crippen molar-refractivity contribution in [2.75, 3.05) is 13.2 Å². The lowest BCUT2D eigenvalue weighted by Crippen LogP contribution is -2.44. The van der Waals surface area contributed by atoms with E-state index in [2.05, 4.69) is 5.32 Å². The summed E-state index contributed by atoms with van der Waals surface area (Å²) < 4.78 is 4.97. The molecule has 8 heteroatoms. The van der Waals surface area contributed by atoms with Gasteiger partial charge in [-0.3, -0.25) is 19.3 Å². The third-order valence-electron chi connectivity index (χ3n) is 3.74. The molecule has 0 atom stereocenters. The number of carbonyl (C=O) groups excluding carboxylic acids is 4. The number of ether oxygens (including phenoxy) is 1. The summed E-state index contributed by atoms with van der Waals surface area (Å²) in [5, 5.41) is 2.53. The van der Waals surface area contributed by atoms with Gasteiger partial charge in [0.05, 0.1) is 6.42 Å². The normalized spacial score (nSPS) is 16.6. The summed E-state index contributed by atoms with van der Waals surface area (Å²) in [7, 11) is 0. The number of hydrogen-bond acceptors (Lipinski definition) is 5. The molecule has 1 aliphatic heterocycles. The van der Waals surface area contributed by atoms with Crippen molar-refractivity contribution >= 4 is 23.8 Å². The lowest BCUT2D eigenvalue weighted by atomic mass is 10.1. The fourth-order valence-corrected chi connectivity index (χ4v) is 2.69. The molecule has 0 aromatic heterocycles. The molecule has 0 unspecified atom stereocenters. The topological polar surface area (TPSA) is 96.0 Å². The van der Waals surface area contributed by atoms with Crippen LogP contribution in [0, 0.1) is 0 Å². The molecule has 0 saturated carbocycles. The molecule has 136 valence electrons. The molecule has 24 heavy (non-hydrogen) atoms. The first-order chi connectivity index (χ1) is 11.0. The van der Waals surface area contributed by atoms with E-state index in [0.717, 1.165) is 4.90 Å². The minimum Gasteiger partial charge on any atom is -0.456 e. The number of esters is 1. The maximum Gasteiger partial charge on any atom is 0.325 e. The second kappa shape index (κ2) is 7.63. The molecule has 0 bridgehead atoms. The lowest BCUT2D eigenvalue weighted by molar-refractivity contribution is -0.154. The fraction of sp³-hybridized carbons (Fsp3) is 0.750. The number of amides is 4. The highest BCUT2D eigenvalue weighted by Crippen LogP contribution is 2.16. The Bertz CT molecular complexity index is 520. The molecule has 0 aromatic carbocycles. The van der Waals surface area contributed by atoms with Crippen molar-refractivity contribution in [2.45, 2.75) is 65.6 Å². The first-order valence-corrected chi connectivity index (χ1v) is 8.08. The molecular weight excluding hydrogens is 314 g/mol. The zero-order chi connectivity index (χ0) is 18.7. The number of nitrogens with one attached hydrogen (secondary N) is 1. The minimum atomic E-state index is -0.966. The van der Waals surface area contributed by atoms with Crippen LogP contribution in [0.5, 0.6) is 0 Å². The Hall–Kier alpha value is -2.12. The molecule has 1 N–H and O–H groups in total. The number of nitrogens with zero attached hydrogens (tertiary/aromatic N) is 2. The van der Waals surface area contributed by atoms with E-state index in [1.807, 2.05) is 27.7 Å². The Morgan fingerprint density at radius 3 is 2.12 bits per heavy atom. The van der Waals surface area contributed by atoms with Crippen LogP contribution in [0.1, 0.15) is 48.0 Å². The van der Waals surface area contributed by atoms with Gasteiger partial charge in [0.25, 0.3) is 11.8 Å².